The number of nitrogens with zero attached hydrogens (tertiary/aromatic N) is 2. The number of H-pyrrole nitrogens is 1. The number of nitrogens with two attached hydrogens (primary N) is 1. The van der Waals surface area contributed by atoms with Crippen LogP contribution in [0.1, 0.15) is 36.4 Å². The lowest BCUT2D eigenvalue weighted by atomic mass is 10.0. The topological polar surface area (TPSA) is 134 Å². The Kier molecular flexibility index (Phi) is 10.2. The number of benzene rings is 2. The second-order valence-electron chi connectivity index (χ2n) is 11.0. The molecule has 1 saturated heterocycles. The summed E-state index contributed by atoms with van der Waals surface area (Å²) in [5.41, 5.74) is 9.08. The summed E-state index contributed by atoms with van der Waals surface area (Å²) in [5, 5.41) is 14.3. The first-order valence-electron chi connectivity index (χ1n) is 14.6. The maximum Gasteiger partial charge on any atom is 0.354 e. The number of fused-ring (bicyclic) bond motifs is 1. The molecular weight excluding hydrogens is 588 g/mol. The van der Waals surface area contributed by atoms with E-state index < -0.39 is 18.2 Å². The van der Waals surface area contributed by atoms with E-state index in [1.54, 1.807) is 30.5 Å². The quantitative estimate of drug-likeness (QED) is 0.0860. The number of aromatic nitrogens is 3. The van der Waals surface area contributed by atoms with Gasteiger partial charge in [0, 0.05) is 35.8 Å². The third-order valence-corrected chi connectivity index (χ3v) is 8.05. The summed E-state index contributed by atoms with van der Waals surface area (Å²) in [6.07, 6.45) is 6.31. The van der Waals surface area contributed by atoms with Crippen molar-refractivity contribution in [3.05, 3.63) is 93.8 Å². The van der Waals surface area contributed by atoms with Crippen molar-refractivity contribution in [1.29, 1.82) is 5.41 Å². The van der Waals surface area contributed by atoms with Gasteiger partial charge in [-0.25, -0.2) is 13.6 Å². The van der Waals surface area contributed by atoms with Crippen molar-refractivity contribution in [2.24, 2.45) is 5.73 Å². The number of nitrogens with one attached hydrogen (secondary N) is 4. The summed E-state index contributed by atoms with van der Waals surface area (Å²) >= 11 is 6.25. The summed E-state index contributed by atoms with van der Waals surface area (Å²) in [7, 11) is 0. The van der Waals surface area contributed by atoms with E-state index in [-0.39, 0.29) is 29.0 Å². The van der Waals surface area contributed by atoms with Crippen LogP contribution in [0.4, 0.5) is 8.78 Å². The Labute approximate surface area is 259 Å². The maximum absolute atomic E-state index is 15.1. The molecule has 5 rings (SSSR count). The van der Waals surface area contributed by atoms with Crippen LogP contribution < -0.4 is 22.1 Å². The molecule has 44 heavy (non-hydrogen) atoms. The largest absolute Gasteiger partial charge is 0.378 e. The fraction of sp³-hybridized carbons (Fsp3) is 0.344. The van der Waals surface area contributed by atoms with Crippen LogP contribution in [0.15, 0.2) is 66.1 Å². The number of amidine groups is 1. The summed E-state index contributed by atoms with van der Waals surface area (Å²) in [6.45, 7) is 4.40. The maximum atomic E-state index is 15.1. The number of rotatable bonds is 12. The molecule has 0 unspecified atom stereocenters. The highest BCUT2D eigenvalue weighted by Crippen LogP contribution is 2.31. The van der Waals surface area contributed by atoms with Crippen LogP contribution in [0, 0.1) is 11.2 Å². The van der Waals surface area contributed by atoms with E-state index in [1.165, 1.54) is 4.57 Å². The number of hydrogen-bond donors (Lipinski definition) is 5. The van der Waals surface area contributed by atoms with Gasteiger partial charge in [0.2, 0.25) is 0 Å². The van der Waals surface area contributed by atoms with Crippen molar-refractivity contribution in [2.45, 2.75) is 43.8 Å². The smallest absolute Gasteiger partial charge is 0.354 e. The van der Waals surface area contributed by atoms with E-state index in [1.807, 2.05) is 24.3 Å². The molecule has 0 bridgehead atoms. The van der Waals surface area contributed by atoms with E-state index >= 15 is 4.39 Å². The Morgan fingerprint density at radius 2 is 2.09 bits per heavy atom. The molecule has 12 heteroatoms. The van der Waals surface area contributed by atoms with Crippen LogP contribution in [-0.2, 0) is 11.2 Å². The van der Waals surface area contributed by atoms with E-state index in [0.717, 1.165) is 24.0 Å². The minimum absolute atomic E-state index is 0.0231. The first-order valence-corrected chi connectivity index (χ1v) is 14.9. The fourth-order valence-electron chi connectivity index (χ4n) is 5.35. The van der Waals surface area contributed by atoms with E-state index in [9.17, 15) is 9.18 Å². The van der Waals surface area contributed by atoms with Gasteiger partial charge in [-0.1, -0.05) is 29.8 Å². The molecule has 0 aliphatic carbocycles. The molecular formula is C32H36ClF2N7O2. The number of alkyl halides is 1. The van der Waals surface area contributed by atoms with Gasteiger partial charge >= 0.3 is 5.69 Å². The van der Waals surface area contributed by atoms with E-state index in [4.69, 9.17) is 27.5 Å². The number of hydrogen-bond acceptors (Lipinski definition) is 6. The Hall–Kier alpha value is -3.90. The standard InChI is InChI=1S/C32H36ClF2N7O2/c1-2-22(36)5-3-4-19-12-25(30(35)26(33)13-19)27-14-21-16-42(32(43)41-31(21)40-27)24-8-6-20(7-9-24)28-18-44-17-23(39-28)10-11-38-29(37)15-34/h2,6-9,12-14,16,22-23,28,39H,1,3-5,10-11,15,17-18,36H2,(H2,37,38)(H,40,41,43)/t22-,23-,28+/m1/s1. The Bertz CT molecular complexity index is 1690. The second kappa shape index (κ2) is 14.3. The highest BCUT2D eigenvalue weighted by molar-refractivity contribution is 6.31. The van der Waals surface area contributed by atoms with Crippen LogP contribution in [0.2, 0.25) is 5.02 Å². The number of ether oxygens (including phenoxy) is 1. The van der Waals surface area contributed by atoms with E-state index in [2.05, 4.69) is 27.2 Å². The average Bonchev–Trinajstić information content (AvgIpc) is 3.44. The lowest BCUT2D eigenvalue weighted by Gasteiger charge is -2.31. The van der Waals surface area contributed by atoms with Crippen LogP contribution in [0.3, 0.4) is 0 Å². The SMILES string of the molecule is C=C[C@@H](N)CCCc1cc(Cl)c(F)c(-c2cc3cn(-c4ccc([C@@H]5COC[C@@H](CCNC(=N)CF)N5)cc4)c(=O)nc3[nH]2)c1. The minimum atomic E-state index is -0.811. The molecule has 0 spiro atoms. The zero-order chi connectivity index (χ0) is 31.2. The summed E-state index contributed by atoms with van der Waals surface area (Å²) < 4.78 is 34.9. The lowest BCUT2D eigenvalue weighted by Crippen LogP contribution is -2.45. The molecule has 2 aromatic heterocycles. The second-order valence-corrected chi connectivity index (χ2v) is 11.4. The van der Waals surface area contributed by atoms with Crippen molar-refractivity contribution in [1.82, 2.24) is 25.2 Å². The van der Waals surface area contributed by atoms with Crippen molar-refractivity contribution in [2.75, 3.05) is 26.4 Å². The van der Waals surface area contributed by atoms with Gasteiger partial charge in [0.25, 0.3) is 0 Å². The predicted octanol–water partition coefficient (Wildman–Crippen LogP) is 4.97. The normalized spacial score (nSPS) is 17.5. The number of morpholine rings is 1. The molecule has 1 aliphatic rings. The van der Waals surface area contributed by atoms with Gasteiger partial charge in [0.1, 0.15) is 18.2 Å². The third-order valence-electron chi connectivity index (χ3n) is 7.77. The van der Waals surface area contributed by atoms with Crippen LogP contribution in [0.5, 0.6) is 0 Å². The Balaban J connectivity index is 1.32. The molecule has 9 nitrogen and oxygen atoms in total. The van der Waals surface area contributed by atoms with Gasteiger partial charge in [-0.15, -0.1) is 6.58 Å². The molecule has 0 saturated carbocycles. The molecule has 4 aromatic rings. The van der Waals surface area contributed by atoms with Crippen molar-refractivity contribution < 1.29 is 13.5 Å². The van der Waals surface area contributed by atoms with Crippen molar-refractivity contribution in [3.8, 4) is 16.9 Å². The van der Waals surface area contributed by atoms with Gasteiger partial charge < -0.3 is 26.1 Å². The predicted molar refractivity (Wildman–Crippen MR) is 170 cm³/mol. The molecule has 1 fully saturated rings. The molecule has 2 aromatic carbocycles. The van der Waals surface area contributed by atoms with Gasteiger partial charge in [0.05, 0.1) is 35.7 Å². The first kappa shape index (κ1) is 31.5. The van der Waals surface area contributed by atoms with Crippen LogP contribution in [-0.4, -0.2) is 58.9 Å². The minimum Gasteiger partial charge on any atom is -0.378 e. The fourth-order valence-corrected chi connectivity index (χ4v) is 5.59. The van der Waals surface area contributed by atoms with Crippen LogP contribution >= 0.6 is 11.6 Å². The zero-order valence-corrected chi connectivity index (χ0v) is 25.0. The van der Waals surface area contributed by atoms with Gasteiger partial charge in [-0.3, -0.25) is 9.98 Å². The number of aryl methyl sites for hydroxylation is 1. The molecule has 0 amide bonds. The average molecular weight is 624 g/mol. The molecule has 6 N–H and O–H groups in total. The zero-order valence-electron chi connectivity index (χ0n) is 24.2. The van der Waals surface area contributed by atoms with E-state index in [0.29, 0.717) is 60.6 Å². The highest BCUT2D eigenvalue weighted by atomic mass is 35.5. The van der Waals surface area contributed by atoms with Gasteiger partial charge in [-0.2, -0.15) is 4.98 Å². The first-order chi connectivity index (χ1) is 21.2. The highest BCUT2D eigenvalue weighted by Gasteiger charge is 2.23. The molecule has 0 radical (unpaired) electrons. The molecule has 3 heterocycles. The Morgan fingerprint density at radius 3 is 2.84 bits per heavy atom. The van der Waals surface area contributed by atoms with Gasteiger partial charge in [0.15, 0.2) is 5.82 Å². The molecule has 3 atom stereocenters. The number of aromatic amines is 1. The number of halogens is 3. The van der Waals surface area contributed by atoms with Crippen LogP contribution in [0.25, 0.3) is 28.0 Å². The summed E-state index contributed by atoms with van der Waals surface area (Å²) in [4.78, 5) is 20.3. The molecule has 1 aliphatic heterocycles. The third kappa shape index (κ3) is 7.41. The molecule has 232 valence electrons. The Morgan fingerprint density at radius 1 is 1.30 bits per heavy atom. The van der Waals surface area contributed by atoms with Crippen molar-refractivity contribution >= 4 is 28.5 Å². The lowest BCUT2D eigenvalue weighted by molar-refractivity contribution is 0.0431. The summed E-state index contributed by atoms with van der Waals surface area (Å²) in [6, 6.07) is 12.6. The van der Waals surface area contributed by atoms with Crippen molar-refractivity contribution in [3.63, 3.8) is 0 Å². The van der Waals surface area contributed by atoms with Gasteiger partial charge in [-0.05, 0) is 67.1 Å². The monoisotopic (exact) mass is 623 g/mol. The summed E-state index contributed by atoms with van der Waals surface area (Å²) in [5.74, 6) is -0.677.